The molecule has 0 fully saturated rings. The fraction of sp³-hybridized carbons (Fsp3) is 0.357. The summed E-state index contributed by atoms with van der Waals surface area (Å²) in [5.74, 6) is 1.71. The van der Waals surface area contributed by atoms with E-state index in [2.05, 4.69) is 25.8 Å². The van der Waals surface area contributed by atoms with Crippen LogP contribution in [-0.2, 0) is 11.2 Å². The summed E-state index contributed by atoms with van der Waals surface area (Å²) in [5, 5.41) is 0. The van der Waals surface area contributed by atoms with Gasteiger partial charge in [0.1, 0.15) is 11.6 Å². The number of halogens is 1. The first-order valence-electron chi connectivity index (χ1n) is 5.98. The molecular weight excluding hydrogens is 263 g/mol. The molecule has 3 nitrogen and oxygen atoms in total. The Morgan fingerprint density at radius 1 is 1.32 bits per heavy atom. The van der Waals surface area contributed by atoms with E-state index in [4.69, 9.17) is 10.2 Å². The highest BCUT2D eigenvalue weighted by molar-refractivity contribution is 7.98. The Labute approximate surface area is 116 Å². The number of hydrogen-bond acceptors (Lipinski definition) is 4. The van der Waals surface area contributed by atoms with Gasteiger partial charge in [0.2, 0.25) is 5.89 Å². The number of nitrogen functional groups attached to an aromatic ring is 1. The second kappa shape index (κ2) is 5.25. The van der Waals surface area contributed by atoms with Crippen LogP contribution in [-0.4, -0.2) is 4.98 Å². The highest BCUT2D eigenvalue weighted by Crippen LogP contribution is 2.28. The van der Waals surface area contributed by atoms with Crippen LogP contribution in [0.1, 0.15) is 32.4 Å². The van der Waals surface area contributed by atoms with Crippen molar-refractivity contribution in [3.05, 3.63) is 41.9 Å². The molecule has 0 aliphatic rings. The summed E-state index contributed by atoms with van der Waals surface area (Å²) in [4.78, 5) is 5.00. The van der Waals surface area contributed by atoms with Crippen molar-refractivity contribution >= 4 is 17.4 Å². The van der Waals surface area contributed by atoms with Gasteiger partial charge in [-0.15, -0.1) is 11.8 Å². The molecule has 0 saturated carbocycles. The van der Waals surface area contributed by atoms with Crippen molar-refractivity contribution in [1.29, 1.82) is 0 Å². The first-order chi connectivity index (χ1) is 8.84. The van der Waals surface area contributed by atoms with Crippen molar-refractivity contribution in [2.24, 2.45) is 0 Å². The molecule has 0 radical (unpaired) electrons. The number of thioether (sulfide) groups is 1. The number of aromatic nitrogens is 1. The van der Waals surface area contributed by atoms with E-state index < -0.39 is 0 Å². The van der Waals surface area contributed by atoms with Crippen LogP contribution < -0.4 is 5.73 Å². The second-order valence-corrected chi connectivity index (χ2v) is 6.43. The molecule has 0 spiro atoms. The number of hydrogen-bond donors (Lipinski definition) is 1. The SMILES string of the molecule is CC(C)(C)c1cnc(CSc2cc(N)cc(F)c2)o1. The van der Waals surface area contributed by atoms with Crippen molar-refractivity contribution in [3.63, 3.8) is 0 Å². The van der Waals surface area contributed by atoms with Crippen LogP contribution >= 0.6 is 11.8 Å². The highest BCUT2D eigenvalue weighted by Gasteiger charge is 2.19. The average Bonchev–Trinajstić information content (AvgIpc) is 2.73. The fourth-order valence-corrected chi connectivity index (χ4v) is 2.38. The molecule has 0 atom stereocenters. The summed E-state index contributed by atoms with van der Waals surface area (Å²) in [6.45, 7) is 6.20. The van der Waals surface area contributed by atoms with Crippen LogP contribution in [0.15, 0.2) is 33.7 Å². The Morgan fingerprint density at radius 3 is 2.63 bits per heavy atom. The average molecular weight is 280 g/mol. The molecule has 0 aliphatic heterocycles. The lowest BCUT2D eigenvalue weighted by molar-refractivity contribution is 0.391. The van der Waals surface area contributed by atoms with Gasteiger partial charge in [-0.25, -0.2) is 9.37 Å². The molecule has 0 unspecified atom stereocenters. The summed E-state index contributed by atoms with van der Waals surface area (Å²) in [7, 11) is 0. The van der Waals surface area contributed by atoms with Gasteiger partial charge in [-0.1, -0.05) is 20.8 Å². The van der Waals surface area contributed by atoms with Gasteiger partial charge in [0.25, 0.3) is 0 Å². The molecule has 1 aromatic carbocycles. The molecule has 2 rings (SSSR count). The molecular formula is C14H17FN2OS. The van der Waals surface area contributed by atoms with Crippen molar-refractivity contribution < 1.29 is 8.81 Å². The standard InChI is InChI=1S/C14H17FN2OS/c1-14(2,3)12-7-17-13(18-12)8-19-11-5-9(15)4-10(16)6-11/h4-7H,8,16H2,1-3H3. The minimum atomic E-state index is -0.328. The van der Waals surface area contributed by atoms with Gasteiger partial charge in [0.15, 0.2) is 0 Å². The smallest absolute Gasteiger partial charge is 0.204 e. The maximum absolute atomic E-state index is 13.2. The van der Waals surface area contributed by atoms with E-state index in [0.717, 1.165) is 10.7 Å². The van der Waals surface area contributed by atoms with E-state index >= 15 is 0 Å². The lowest BCUT2D eigenvalue weighted by atomic mass is 9.94. The quantitative estimate of drug-likeness (QED) is 0.682. The number of anilines is 1. The van der Waals surface area contributed by atoms with Crippen LogP contribution in [0, 0.1) is 5.82 Å². The predicted octanol–water partition coefficient (Wildman–Crippen LogP) is 3.99. The van der Waals surface area contributed by atoms with E-state index in [1.807, 2.05) is 0 Å². The van der Waals surface area contributed by atoms with Crippen molar-refractivity contribution in [2.75, 3.05) is 5.73 Å². The molecule has 0 bridgehead atoms. The van der Waals surface area contributed by atoms with Crippen LogP contribution in [0.2, 0.25) is 0 Å². The first-order valence-corrected chi connectivity index (χ1v) is 6.97. The molecule has 2 N–H and O–H groups in total. The summed E-state index contributed by atoms with van der Waals surface area (Å²) in [6, 6.07) is 4.49. The summed E-state index contributed by atoms with van der Waals surface area (Å²) in [6.07, 6.45) is 1.75. The first kappa shape index (κ1) is 13.9. The van der Waals surface area contributed by atoms with Gasteiger partial charge in [0.05, 0.1) is 11.9 Å². The topological polar surface area (TPSA) is 52.0 Å². The minimum absolute atomic E-state index is 0.0563. The Balaban J connectivity index is 2.04. The number of nitrogens with zero attached hydrogens (tertiary/aromatic N) is 1. The maximum Gasteiger partial charge on any atom is 0.204 e. The molecule has 1 aromatic heterocycles. The van der Waals surface area contributed by atoms with E-state index in [9.17, 15) is 4.39 Å². The normalized spacial score (nSPS) is 11.8. The third-order valence-electron chi connectivity index (χ3n) is 2.55. The van der Waals surface area contributed by atoms with E-state index in [-0.39, 0.29) is 11.2 Å². The van der Waals surface area contributed by atoms with Crippen LogP contribution in [0.4, 0.5) is 10.1 Å². The van der Waals surface area contributed by atoms with Crippen molar-refractivity contribution in [3.8, 4) is 0 Å². The van der Waals surface area contributed by atoms with E-state index in [1.165, 1.54) is 23.9 Å². The number of nitrogens with two attached hydrogens (primary N) is 1. The molecule has 0 aliphatic carbocycles. The van der Waals surface area contributed by atoms with E-state index in [1.54, 1.807) is 12.3 Å². The Kier molecular flexibility index (Phi) is 3.85. The lowest BCUT2D eigenvalue weighted by Gasteiger charge is -2.13. The molecule has 19 heavy (non-hydrogen) atoms. The zero-order valence-corrected chi connectivity index (χ0v) is 12.1. The van der Waals surface area contributed by atoms with Gasteiger partial charge >= 0.3 is 0 Å². The number of oxazole rings is 1. The largest absolute Gasteiger partial charge is 0.444 e. The zero-order valence-electron chi connectivity index (χ0n) is 11.2. The number of benzene rings is 1. The van der Waals surface area contributed by atoms with Gasteiger partial charge in [-0.05, 0) is 18.2 Å². The van der Waals surface area contributed by atoms with Gasteiger partial charge < -0.3 is 10.2 Å². The predicted molar refractivity (Wildman–Crippen MR) is 75.6 cm³/mol. The van der Waals surface area contributed by atoms with Crippen molar-refractivity contribution in [1.82, 2.24) is 4.98 Å². The van der Waals surface area contributed by atoms with Crippen LogP contribution in [0.5, 0.6) is 0 Å². The van der Waals surface area contributed by atoms with Gasteiger partial charge in [-0.2, -0.15) is 0 Å². The van der Waals surface area contributed by atoms with Gasteiger partial charge in [0, 0.05) is 16.0 Å². The Hall–Kier alpha value is -1.49. The Morgan fingerprint density at radius 2 is 2.05 bits per heavy atom. The monoisotopic (exact) mass is 280 g/mol. The lowest BCUT2D eigenvalue weighted by Crippen LogP contribution is -2.09. The summed E-state index contributed by atoms with van der Waals surface area (Å²) < 4.78 is 18.9. The third kappa shape index (κ3) is 3.73. The molecule has 5 heteroatoms. The molecule has 0 amide bonds. The zero-order chi connectivity index (χ0) is 14.0. The Bertz CT molecular complexity index is 555. The van der Waals surface area contributed by atoms with Gasteiger partial charge in [-0.3, -0.25) is 0 Å². The molecule has 1 heterocycles. The van der Waals surface area contributed by atoms with Crippen LogP contribution in [0.25, 0.3) is 0 Å². The highest BCUT2D eigenvalue weighted by atomic mass is 32.2. The third-order valence-corrected chi connectivity index (χ3v) is 3.51. The maximum atomic E-state index is 13.2. The fourth-order valence-electron chi connectivity index (χ4n) is 1.54. The second-order valence-electron chi connectivity index (χ2n) is 5.38. The molecule has 102 valence electrons. The summed E-state index contributed by atoms with van der Waals surface area (Å²) >= 11 is 1.45. The molecule has 0 saturated heterocycles. The molecule has 2 aromatic rings. The van der Waals surface area contributed by atoms with Crippen molar-refractivity contribution in [2.45, 2.75) is 36.8 Å². The summed E-state index contributed by atoms with van der Waals surface area (Å²) in [5.41, 5.74) is 5.96. The number of rotatable bonds is 3. The van der Waals surface area contributed by atoms with Crippen LogP contribution in [0.3, 0.4) is 0 Å². The minimum Gasteiger partial charge on any atom is -0.444 e. The van der Waals surface area contributed by atoms with E-state index in [0.29, 0.717) is 17.3 Å².